The monoisotopic (exact) mass is 256 g/mol. The van der Waals surface area contributed by atoms with Crippen molar-refractivity contribution in [2.45, 2.75) is 73.4 Å². The van der Waals surface area contributed by atoms with Gasteiger partial charge >= 0.3 is 0 Å². The van der Waals surface area contributed by atoms with E-state index in [0.29, 0.717) is 12.1 Å². The van der Waals surface area contributed by atoms with Crippen LogP contribution in [0.1, 0.15) is 61.3 Å². The normalized spacial score (nSPS) is 15.7. The molecule has 0 aromatic rings. The fourth-order valence-corrected chi connectivity index (χ4v) is 2.18. The van der Waals surface area contributed by atoms with Crippen molar-refractivity contribution in [3.63, 3.8) is 0 Å². The van der Waals surface area contributed by atoms with Crippen molar-refractivity contribution in [3.05, 3.63) is 0 Å². The van der Waals surface area contributed by atoms with Gasteiger partial charge in [0.15, 0.2) is 0 Å². The van der Waals surface area contributed by atoms with Crippen molar-refractivity contribution < 1.29 is 0 Å². The summed E-state index contributed by atoms with van der Waals surface area (Å²) < 4.78 is 0. The molecule has 0 saturated heterocycles. The third-order valence-electron chi connectivity index (χ3n) is 3.81. The Morgan fingerprint density at radius 3 is 1.61 bits per heavy atom. The molecule has 2 nitrogen and oxygen atoms in total. The summed E-state index contributed by atoms with van der Waals surface area (Å²) in [4.78, 5) is 2.67. The van der Waals surface area contributed by atoms with E-state index in [-0.39, 0.29) is 0 Å². The van der Waals surface area contributed by atoms with E-state index in [1.54, 1.807) is 0 Å². The van der Waals surface area contributed by atoms with E-state index in [0.717, 1.165) is 18.4 Å². The first-order chi connectivity index (χ1) is 8.38. The number of rotatable bonds is 10. The zero-order chi connectivity index (χ0) is 14.1. The van der Waals surface area contributed by atoms with E-state index < -0.39 is 0 Å². The molecule has 2 atom stereocenters. The van der Waals surface area contributed by atoms with Crippen LogP contribution in [0.2, 0.25) is 0 Å². The summed E-state index contributed by atoms with van der Waals surface area (Å²) in [5, 5.41) is 3.56. The summed E-state index contributed by atoms with van der Waals surface area (Å²) in [5.41, 5.74) is 0. The molecule has 0 spiro atoms. The van der Waals surface area contributed by atoms with Gasteiger partial charge in [-0.25, -0.2) is 0 Å². The predicted octanol–water partition coefficient (Wildman–Crippen LogP) is 3.77. The fraction of sp³-hybridized carbons (Fsp3) is 1.00. The lowest BCUT2D eigenvalue weighted by Gasteiger charge is -2.34. The number of hydrogen-bond acceptors (Lipinski definition) is 2. The maximum Gasteiger partial charge on any atom is 0.0218 e. The lowest BCUT2D eigenvalue weighted by Crippen LogP contribution is -2.48. The van der Waals surface area contributed by atoms with Crippen LogP contribution in [0.4, 0.5) is 0 Å². The molecule has 0 aromatic heterocycles. The Labute approximate surface area is 116 Å². The Bertz CT molecular complexity index is 178. The molecule has 0 aliphatic heterocycles. The molecule has 0 aliphatic rings. The lowest BCUT2D eigenvalue weighted by molar-refractivity contribution is 0.159. The molecule has 18 heavy (non-hydrogen) atoms. The minimum Gasteiger partial charge on any atom is -0.313 e. The van der Waals surface area contributed by atoms with E-state index in [9.17, 15) is 0 Å². The Balaban J connectivity index is 4.32. The van der Waals surface area contributed by atoms with Crippen LogP contribution in [0.5, 0.6) is 0 Å². The first-order valence-corrected chi connectivity index (χ1v) is 7.85. The van der Waals surface area contributed by atoms with Gasteiger partial charge in [0.1, 0.15) is 0 Å². The standard InChI is InChI=1S/C16H36N2/c1-8-17-15(6)16(7)18(11-9-13(2)3)12-10-14(4)5/h13-17H,8-12H2,1-7H3. The SMILES string of the molecule is CCNC(C)C(C)N(CCC(C)C)CCC(C)C. The molecule has 0 aliphatic carbocycles. The first kappa shape index (κ1) is 17.9. The van der Waals surface area contributed by atoms with Crippen LogP contribution >= 0.6 is 0 Å². The molecule has 2 unspecified atom stereocenters. The van der Waals surface area contributed by atoms with E-state index >= 15 is 0 Å². The van der Waals surface area contributed by atoms with Gasteiger partial charge in [-0.15, -0.1) is 0 Å². The first-order valence-electron chi connectivity index (χ1n) is 7.85. The van der Waals surface area contributed by atoms with Crippen LogP contribution in [-0.2, 0) is 0 Å². The summed E-state index contributed by atoms with van der Waals surface area (Å²) in [6.07, 6.45) is 2.61. The Hall–Kier alpha value is -0.0800. The van der Waals surface area contributed by atoms with Gasteiger partial charge in [0, 0.05) is 12.1 Å². The second-order valence-corrected chi connectivity index (χ2v) is 6.49. The molecule has 0 heterocycles. The van der Waals surface area contributed by atoms with Crippen molar-refractivity contribution in [1.29, 1.82) is 0 Å². The van der Waals surface area contributed by atoms with E-state index in [1.807, 2.05) is 0 Å². The van der Waals surface area contributed by atoms with Crippen LogP contribution in [0.25, 0.3) is 0 Å². The second-order valence-electron chi connectivity index (χ2n) is 6.49. The smallest absolute Gasteiger partial charge is 0.0218 e. The molecule has 1 N–H and O–H groups in total. The van der Waals surface area contributed by atoms with Crippen molar-refractivity contribution in [1.82, 2.24) is 10.2 Å². The fourth-order valence-electron chi connectivity index (χ4n) is 2.18. The number of nitrogens with zero attached hydrogens (tertiary/aromatic N) is 1. The van der Waals surface area contributed by atoms with Crippen LogP contribution in [0, 0.1) is 11.8 Å². The highest BCUT2D eigenvalue weighted by molar-refractivity contribution is 4.78. The predicted molar refractivity (Wildman–Crippen MR) is 83.1 cm³/mol. The number of likely N-dealkylation sites (N-methyl/N-ethyl adjacent to an activating group) is 1. The summed E-state index contributed by atoms with van der Waals surface area (Å²) in [6, 6.07) is 1.21. The van der Waals surface area contributed by atoms with Crippen molar-refractivity contribution in [3.8, 4) is 0 Å². The molecule has 110 valence electrons. The highest BCUT2D eigenvalue weighted by atomic mass is 15.2. The van der Waals surface area contributed by atoms with Crippen LogP contribution in [-0.4, -0.2) is 36.6 Å². The molecule has 0 aromatic carbocycles. The molecule has 2 heteroatoms. The van der Waals surface area contributed by atoms with Crippen LogP contribution in [0.15, 0.2) is 0 Å². The molecular weight excluding hydrogens is 220 g/mol. The molecule has 0 radical (unpaired) electrons. The van der Waals surface area contributed by atoms with E-state index in [4.69, 9.17) is 0 Å². The van der Waals surface area contributed by atoms with Gasteiger partial charge in [0.25, 0.3) is 0 Å². The van der Waals surface area contributed by atoms with Gasteiger partial charge in [-0.2, -0.15) is 0 Å². The lowest BCUT2D eigenvalue weighted by atomic mass is 10.0. The van der Waals surface area contributed by atoms with Gasteiger partial charge in [-0.05, 0) is 58.2 Å². The van der Waals surface area contributed by atoms with Crippen molar-refractivity contribution >= 4 is 0 Å². The van der Waals surface area contributed by atoms with Gasteiger partial charge in [0.05, 0.1) is 0 Å². The zero-order valence-electron chi connectivity index (χ0n) is 13.8. The third-order valence-corrected chi connectivity index (χ3v) is 3.81. The molecule has 0 saturated carbocycles. The highest BCUT2D eigenvalue weighted by Crippen LogP contribution is 2.12. The second kappa shape index (κ2) is 9.80. The molecule has 0 fully saturated rings. The van der Waals surface area contributed by atoms with Gasteiger partial charge in [-0.3, -0.25) is 4.90 Å². The number of nitrogens with one attached hydrogen (secondary N) is 1. The Morgan fingerprint density at radius 2 is 1.28 bits per heavy atom. The van der Waals surface area contributed by atoms with Gasteiger partial charge in [0.2, 0.25) is 0 Å². The minimum atomic E-state index is 0.578. The summed E-state index contributed by atoms with van der Waals surface area (Å²) in [6.45, 7) is 19.7. The largest absolute Gasteiger partial charge is 0.313 e. The van der Waals surface area contributed by atoms with Crippen LogP contribution < -0.4 is 5.32 Å². The molecule has 0 bridgehead atoms. The van der Waals surface area contributed by atoms with Crippen molar-refractivity contribution in [2.24, 2.45) is 11.8 Å². The topological polar surface area (TPSA) is 15.3 Å². The molecular formula is C16H36N2. The summed E-state index contributed by atoms with van der Waals surface area (Å²) in [7, 11) is 0. The summed E-state index contributed by atoms with van der Waals surface area (Å²) >= 11 is 0. The maximum absolute atomic E-state index is 3.56. The van der Waals surface area contributed by atoms with E-state index in [1.165, 1.54) is 25.9 Å². The zero-order valence-corrected chi connectivity index (χ0v) is 13.8. The van der Waals surface area contributed by atoms with Crippen molar-refractivity contribution in [2.75, 3.05) is 19.6 Å². The van der Waals surface area contributed by atoms with Gasteiger partial charge in [-0.1, -0.05) is 34.6 Å². The van der Waals surface area contributed by atoms with Gasteiger partial charge < -0.3 is 5.32 Å². The Morgan fingerprint density at radius 1 is 0.833 bits per heavy atom. The van der Waals surface area contributed by atoms with E-state index in [2.05, 4.69) is 58.7 Å². The quantitative estimate of drug-likeness (QED) is 0.640. The summed E-state index contributed by atoms with van der Waals surface area (Å²) in [5.74, 6) is 1.60. The highest BCUT2D eigenvalue weighted by Gasteiger charge is 2.19. The Kier molecular flexibility index (Phi) is 9.76. The average Bonchev–Trinajstić information content (AvgIpc) is 2.28. The third kappa shape index (κ3) is 8.10. The molecule has 0 amide bonds. The molecule has 0 rings (SSSR count). The number of hydrogen-bond donors (Lipinski definition) is 1. The minimum absolute atomic E-state index is 0.578. The maximum atomic E-state index is 3.56. The van der Waals surface area contributed by atoms with Crippen LogP contribution in [0.3, 0.4) is 0 Å². The average molecular weight is 256 g/mol.